The lowest BCUT2D eigenvalue weighted by Gasteiger charge is -2.13. The summed E-state index contributed by atoms with van der Waals surface area (Å²) >= 11 is 0. The zero-order valence-corrected chi connectivity index (χ0v) is 14.0. The minimum Gasteiger partial charge on any atom is -0.507 e. The number of carbonyl (C=O) groups excluding carboxylic acids is 1. The first-order valence-corrected chi connectivity index (χ1v) is 7.47. The number of phenols is 1. The number of rotatable bonds is 4. The highest BCUT2D eigenvalue weighted by Gasteiger charge is 2.19. The lowest BCUT2D eigenvalue weighted by molar-refractivity contribution is 0.104. The number of phenolic OH excluding ortho intramolecular Hbond substituents is 1. The summed E-state index contributed by atoms with van der Waals surface area (Å²) in [6, 6.07) is 9.54. The van der Waals surface area contributed by atoms with Crippen LogP contribution >= 0.6 is 9.24 Å². The van der Waals surface area contributed by atoms with Gasteiger partial charge in [-0.05, 0) is 54.1 Å². The average Bonchev–Trinajstić information content (AvgIpc) is 2.48. The molecule has 1 atom stereocenters. The van der Waals surface area contributed by atoms with Crippen molar-refractivity contribution < 1.29 is 14.6 Å². The molecule has 0 aromatic heterocycles. The molecule has 4 heteroatoms. The number of ketones is 1. The van der Waals surface area contributed by atoms with E-state index in [1.807, 2.05) is 31.2 Å². The third-order valence-electron chi connectivity index (χ3n) is 3.42. The zero-order chi connectivity index (χ0) is 16.3. The van der Waals surface area contributed by atoms with E-state index in [2.05, 4.69) is 9.24 Å². The zero-order valence-electron chi connectivity index (χ0n) is 12.9. The molecule has 0 bridgehead atoms. The van der Waals surface area contributed by atoms with Crippen LogP contribution in [-0.4, -0.2) is 18.0 Å². The van der Waals surface area contributed by atoms with Crippen molar-refractivity contribution in [1.29, 1.82) is 0 Å². The fraction of sp³-hybridized carbons (Fsp3) is 0.167. The Kier molecular flexibility index (Phi) is 4.99. The van der Waals surface area contributed by atoms with E-state index in [1.54, 1.807) is 19.1 Å². The SMILES string of the molecule is COc1c(C)cc(C)c(O)c1C(=O)/C=C/c1cccc(P)c1. The van der Waals surface area contributed by atoms with Gasteiger partial charge >= 0.3 is 0 Å². The summed E-state index contributed by atoms with van der Waals surface area (Å²) in [7, 11) is 4.11. The van der Waals surface area contributed by atoms with Gasteiger partial charge in [0.15, 0.2) is 5.78 Å². The Bertz CT molecular complexity index is 748. The second-order valence-corrected chi connectivity index (χ2v) is 5.80. The van der Waals surface area contributed by atoms with Crippen LogP contribution in [0.15, 0.2) is 36.4 Å². The molecule has 0 aliphatic rings. The molecule has 0 radical (unpaired) electrons. The average molecular weight is 314 g/mol. The van der Waals surface area contributed by atoms with Crippen LogP contribution in [0.2, 0.25) is 0 Å². The van der Waals surface area contributed by atoms with Crippen LogP contribution in [-0.2, 0) is 0 Å². The number of aryl methyl sites for hydroxylation is 2. The van der Waals surface area contributed by atoms with Crippen molar-refractivity contribution in [2.45, 2.75) is 13.8 Å². The van der Waals surface area contributed by atoms with Crippen molar-refractivity contribution in [3.8, 4) is 11.5 Å². The normalized spacial score (nSPS) is 10.9. The third kappa shape index (κ3) is 3.37. The number of ether oxygens (including phenoxy) is 1. The Morgan fingerprint density at radius 1 is 1.23 bits per heavy atom. The van der Waals surface area contributed by atoms with Crippen LogP contribution in [0, 0.1) is 13.8 Å². The number of allylic oxidation sites excluding steroid dienone is 1. The number of hydrogen-bond donors (Lipinski definition) is 1. The molecule has 2 aromatic carbocycles. The summed E-state index contributed by atoms with van der Waals surface area (Å²) in [6.07, 6.45) is 3.18. The Morgan fingerprint density at radius 2 is 1.95 bits per heavy atom. The first-order valence-electron chi connectivity index (χ1n) is 6.89. The van der Waals surface area contributed by atoms with E-state index in [0.717, 1.165) is 16.4 Å². The van der Waals surface area contributed by atoms with Crippen molar-refractivity contribution >= 4 is 26.4 Å². The fourth-order valence-corrected chi connectivity index (χ4v) is 2.67. The summed E-state index contributed by atoms with van der Waals surface area (Å²) in [5.41, 5.74) is 2.60. The van der Waals surface area contributed by atoms with Gasteiger partial charge in [-0.1, -0.05) is 24.3 Å². The minimum absolute atomic E-state index is 0.0307. The van der Waals surface area contributed by atoms with Gasteiger partial charge in [0.2, 0.25) is 0 Å². The maximum absolute atomic E-state index is 12.5. The standard InChI is InChI=1S/C18H19O3P/c1-11-9-12(2)18(21-3)16(17(11)20)15(19)8-7-13-5-4-6-14(22)10-13/h4-10,20H,22H2,1-3H3/b8-7+. The number of benzene rings is 2. The van der Waals surface area contributed by atoms with Crippen LogP contribution in [0.4, 0.5) is 0 Å². The molecule has 2 rings (SSSR count). The Hall–Kier alpha value is -2.12. The molecule has 1 N–H and O–H groups in total. The molecule has 0 amide bonds. The van der Waals surface area contributed by atoms with Gasteiger partial charge < -0.3 is 9.84 Å². The molecule has 1 unspecified atom stereocenters. The van der Waals surface area contributed by atoms with Crippen molar-refractivity contribution in [3.63, 3.8) is 0 Å². The van der Waals surface area contributed by atoms with Crippen LogP contribution in [0.5, 0.6) is 11.5 Å². The molecule has 0 aliphatic carbocycles. The second kappa shape index (κ2) is 6.76. The maximum Gasteiger partial charge on any atom is 0.193 e. The predicted octanol–water partition coefficient (Wildman–Crippen LogP) is 3.41. The molecule has 0 saturated carbocycles. The molecule has 0 heterocycles. The monoisotopic (exact) mass is 314 g/mol. The molecule has 0 fully saturated rings. The number of aromatic hydroxyl groups is 1. The van der Waals surface area contributed by atoms with Gasteiger partial charge in [0.1, 0.15) is 17.1 Å². The highest BCUT2D eigenvalue weighted by molar-refractivity contribution is 7.27. The lowest BCUT2D eigenvalue weighted by Crippen LogP contribution is -2.03. The van der Waals surface area contributed by atoms with Crippen LogP contribution in [0.1, 0.15) is 27.0 Å². The van der Waals surface area contributed by atoms with Gasteiger partial charge in [-0.2, -0.15) is 0 Å². The highest BCUT2D eigenvalue weighted by atomic mass is 31.0. The van der Waals surface area contributed by atoms with Crippen molar-refractivity contribution in [2.24, 2.45) is 0 Å². The van der Waals surface area contributed by atoms with Crippen LogP contribution in [0.25, 0.3) is 6.08 Å². The first-order chi connectivity index (χ1) is 10.4. The Balaban J connectivity index is 2.42. The Labute approximate surface area is 132 Å². The lowest BCUT2D eigenvalue weighted by atomic mass is 10.00. The van der Waals surface area contributed by atoms with Gasteiger partial charge in [0, 0.05) is 0 Å². The summed E-state index contributed by atoms with van der Waals surface area (Å²) in [5, 5.41) is 11.3. The number of carbonyl (C=O) groups is 1. The van der Waals surface area contributed by atoms with Crippen LogP contribution in [0.3, 0.4) is 0 Å². The van der Waals surface area contributed by atoms with E-state index >= 15 is 0 Å². The minimum atomic E-state index is -0.282. The highest BCUT2D eigenvalue weighted by Crippen LogP contribution is 2.34. The number of methoxy groups -OCH3 is 1. The topological polar surface area (TPSA) is 46.5 Å². The summed E-state index contributed by atoms with van der Waals surface area (Å²) in [4.78, 5) is 12.5. The van der Waals surface area contributed by atoms with Gasteiger partial charge in [-0.3, -0.25) is 4.79 Å². The summed E-state index contributed by atoms with van der Waals surface area (Å²) in [5.74, 6) is 0.102. The molecule has 0 spiro atoms. The van der Waals surface area contributed by atoms with E-state index < -0.39 is 0 Å². The van der Waals surface area contributed by atoms with Gasteiger partial charge in [0.05, 0.1) is 7.11 Å². The first kappa shape index (κ1) is 16.3. The van der Waals surface area contributed by atoms with Crippen molar-refractivity contribution in [2.75, 3.05) is 7.11 Å². The second-order valence-electron chi connectivity index (χ2n) is 5.13. The van der Waals surface area contributed by atoms with Crippen molar-refractivity contribution in [3.05, 3.63) is 58.7 Å². The molecular formula is C18H19O3P. The van der Waals surface area contributed by atoms with Gasteiger partial charge in [-0.15, -0.1) is 9.24 Å². The molecule has 114 valence electrons. The largest absolute Gasteiger partial charge is 0.507 e. The smallest absolute Gasteiger partial charge is 0.193 e. The fourth-order valence-electron chi connectivity index (χ4n) is 2.37. The maximum atomic E-state index is 12.5. The van der Waals surface area contributed by atoms with E-state index in [9.17, 15) is 9.90 Å². The van der Waals surface area contributed by atoms with Crippen molar-refractivity contribution in [1.82, 2.24) is 0 Å². The van der Waals surface area contributed by atoms with Gasteiger partial charge in [-0.25, -0.2) is 0 Å². The molecule has 3 nitrogen and oxygen atoms in total. The molecule has 22 heavy (non-hydrogen) atoms. The summed E-state index contributed by atoms with van der Waals surface area (Å²) in [6.45, 7) is 3.61. The molecule has 0 saturated heterocycles. The molecule has 0 aliphatic heterocycles. The predicted molar refractivity (Wildman–Crippen MR) is 93.3 cm³/mol. The molecule has 2 aromatic rings. The quantitative estimate of drug-likeness (QED) is 0.534. The summed E-state index contributed by atoms with van der Waals surface area (Å²) < 4.78 is 5.29. The number of hydrogen-bond acceptors (Lipinski definition) is 3. The Morgan fingerprint density at radius 3 is 2.59 bits per heavy atom. The van der Waals surface area contributed by atoms with E-state index in [-0.39, 0.29) is 17.1 Å². The van der Waals surface area contributed by atoms with E-state index in [0.29, 0.717) is 11.3 Å². The van der Waals surface area contributed by atoms with E-state index in [4.69, 9.17) is 4.74 Å². The van der Waals surface area contributed by atoms with E-state index in [1.165, 1.54) is 13.2 Å². The van der Waals surface area contributed by atoms with Gasteiger partial charge in [0.25, 0.3) is 0 Å². The third-order valence-corrected chi connectivity index (χ3v) is 3.78. The molecular weight excluding hydrogens is 295 g/mol. The van der Waals surface area contributed by atoms with Crippen LogP contribution < -0.4 is 10.0 Å².